The molecule has 0 amide bonds. The zero-order chi connectivity index (χ0) is 18.9. The first-order valence-corrected chi connectivity index (χ1v) is 7.73. The number of aliphatic hydroxyl groups excluding tert-OH is 1. The van der Waals surface area contributed by atoms with Crippen molar-refractivity contribution in [3.05, 3.63) is 90.3 Å². The Hall–Kier alpha value is -3.51. The van der Waals surface area contributed by atoms with Gasteiger partial charge >= 0.3 is 0 Å². The van der Waals surface area contributed by atoms with Gasteiger partial charge in [-0.25, -0.2) is 15.0 Å². The first kappa shape index (κ1) is 18.8. The van der Waals surface area contributed by atoms with Gasteiger partial charge in [-0.05, 0) is 29.5 Å². The highest BCUT2D eigenvalue weighted by molar-refractivity contribution is 5.80. The fraction of sp³-hybridized carbons (Fsp3) is 0.0500. The van der Waals surface area contributed by atoms with E-state index in [2.05, 4.69) is 33.3 Å². The molecule has 0 aliphatic rings. The molecule has 6 nitrogen and oxygen atoms in total. The molecule has 0 bridgehead atoms. The second-order valence-electron chi connectivity index (χ2n) is 4.96. The Morgan fingerprint density at radius 1 is 1.04 bits per heavy atom. The topological polar surface area (TPSA) is 88.3 Å². The molecule has 26 heavy (non-hydrogen) atoms. The number of allylic oxidation sites excluding steroid dienone is 3. The number of aromatic nitrogens is 3. The van der Waals surface area contributed by atoms with Crippen LogP contribution in [0.15, 0.2) is 84.8 Å². The Morgan fingerprint density at radius 3 is 2.50 bits per heavy atom. The van der Waals surface area contributed by atoms with Crippen LogP contribution in [0, 0.1) is 4.91 Å². The summed E-state index contributed by atoms with van der Waals surface area (Å²) in [7, 11) is 1.00. The van der Waals surface area contributed by atoms with Crippen molar-refractivity contribution in [1.82, 2.24) is 15.0 Å². The number of hydrogen-bond acceptors (Lipinski definition) is 6. The van der Waals surface area contributed by atoms with Crippen molar-refractivity contribution >= 4 is 16.5 Å². The summed E-state index contributed by atoms with van der Waals surface area (Å²) in [5.41, 5.74) is 2.72. The van der Waals surface area contributed by atoms with Gasteiger partial charge in [0.05, 0.1) is 11.2 Å². The lowest BCUT2D eigenvalue weighted by Gasteiger charge is -2.06. The maximum absolute atomic E-state index is 10.9. The smallest absolute Gasteiger partial charge is 0.178 e. The van der Waals surface area contributed by atoms with Gasteiger partial charge in [-0.1, -0.05) is 43.5 Å². The lowest BCUT2D eigenvalue weighted by atomic mass is 10.1. The molecule has 0 saturated heterocycles. The molecular weight excluding hydrogens is 328 g/mol. The van der Waals surface area contributed by atoms with Crippen molar-refractivity contribution in [2.75, 3.05) is 7.11 Å². The van der Waals surface area contributed by atoms with E-state index in [9.17, 15) is 4.91 Å². The van der Waals surface area contributed by atoms with Crippen molar-refractivity contribution in [2.24, 2.45) is 5.18 Å². The van der Waals surface area contributed by atoms with E-state index in [0.29, 0.717) is 22.8 Å². The standard InChI is InChI=1S/C19H14N4O.CH4O/c1-3-14(15(4-2)23-24)17-10-7-11-18(21-17)19-20-12-13-8-5-6-9-16(13)22-19;1-2/h3-12H,1-2H2;2H,1H3/b15-14-;. The summed E-state index contributed by atoms with van der Waals surface area (Å²) < 4.78 is 0. The van der Waals surface area contributed by atoms with Crippen molar-refractivity contribution in [1.29, 1.82) is 0 Å². The molecule has 0 fully saturated rings. The molecule has 3 rings (SSSR count). The Morgan fingerprint density at radius 2 is 1.81 bits per heavy atom. The largest absolute Gasteiger partial charge is 0.400 e. The first-order valence-electron chi connectivity index (χ1n) is 7.73. The predicted octanol–water partition coefficient (Wildman–Crippen LogP) is 4.15. The maximum Gasteiger partial charge on any atom is 0.178 e. The molecule has 0 atom stereocenters. The van der Waals surface area contributed by atoms with Gasteiger partial charge in [0.25, 0.3) is 0 Å². The molecule has 130 valence electrons. The third-order valence-electron chi connectivity index (χ3n) is 3.51. The molecule has 0 saturated carbocycles. The highest BCUT2D eigenvalue weighted by atomic mass is 16.3. The average Bonchev–Trinajstić information content (AvgIpc) is 2.73. The molecule has 2 heterocycles. The molecule has 0 unspecified atom stereocenters. The number of aliphatic hydroxyl groups is 1. The van der Waals surface area contributed by atoms with Gasteiger partial charge in [-0.3, -0.25) is 0 Å². The summed E-state index contributed by atoms with van der Waals surface area (Å²) in [5, 5.41) is 10.9. The van der Waals surface area contributed by atoms with Gasteiger partial charge in [-0.2, -0.15) is 0 Å². The van der Waals surface area contributed by atoms with Crippen LogP contribution in [-0.2, 0) is 0 Å². The van der Waals surface area contributed by atoms with Crippen LogP contribution in [-0.4, -0.2) is 27.2 Å². The molecule has 0 aliphatic heterocycles. The lowest BCUT2D eigenvalue weighted by molar-refractivity contribution is 0.399. The molecule has 0 spiro atoms. The number of nitroso groups, excluding NO2 is 1. The van der Waals surface area contributed by atoms with Gasteiger partial charge < -0.3 is 5.11 Å². The highest BCUT2D eigenvalue weighted by Gasteiger charge is 2.10. The summed E-state index contributed by atoms with van der Waals surface area (Å²) in [5.74, 6) is 0.512. The van der Waals surface area contributed by atoms with Crippen molar-refractivity contribution < 1.29 is 5.11 Å². The number of hydrogen-bond donors (Lipinski definition) is 1. The number of para-hydroxylation sites is 1. The quantitative estimate of drug-likeness (QED) is 0.554. The minimum absolute atomic E-state index is 0.189. The van der Waals surface area contributed by atoms with E-state index in [1.165, 1.54) is 12.2 Å². The van der Waals surface area contributed by atoms with Crippen molar-refractivity contribution in [3.8, 4) is 11.5 Å². The molecule has 0 aliphatic carbocycles. The third-order valence-corrected chi connectivity index (χ3v) is 3.51. The minimum Gasteiger partial charge on any atom is -0.400 e. The van der Waals surface area contributed by atoms with Crippen LogP contribution < -0.4 is 0 Å². The maximum atomic E-state index is 10.9. The summed E-state index contributed by atoms with van der Waals surface area (Å²) in [4.78, 5) is 24.4. The monoisotopic (exact) mass is 346 g/mol. The second kappa shape index (κ2) is 9.10. The fourth-order valence-corrected chi connectivity index (χ4v) is 2.34. The van der Waals surface area contributed by atoms with Crippen LogP contribution in [0.5, 0.6) is 0 Å². The van der Waals surface area contributed by atoms with E-state index in [1.807, 2.05) is 36.4 Å². The summed E-state index contributed by atoms with van der Waals surface area (Å²) in [6, 6.07) is 13.2. The van der Waals surface area contributed by atoms with Crippen LogP contribution >= 0.6 is 0 Å². The Kier molecular flexibility index (Phi) is 6.59. The van der Waals surface area contributed by atoms with E-state index in [0.717, 1.165) is 18.0 Å². The SMILES string of the molecule is C=C/C(N=O)=C(\C=C)c1cccc(-c2ncc3ccccc3n2)n1.CO. The van der Waals surface area contributed by atoms with Crippen LogP contribution in [0.3, 0.4) is 0 Å². The molecule has 0 radical (unpaired) electrons. The Balaban J connectivity index is 0.00000117. The molecular formula is C20H18N4O2. The van der Waals surface area contributed by atoms with Crippen molar-refractivity contribution in [3.63, 3.8) is 0 Å². The molecule has 1 aromatic carbocycles. The molecule has 1 N–H and O–H groups in total. The van der Waals surface area contributed by atoms with Crippen LogP contribution in [0.4, 0.5) is 0 Å². The van der Waals surface area contributed by atoms with Gasteiger partial charge in [-0.15, -0.1) is 4.91 Å². The Labute approximate surface area is 151 Å². The average molecular weight is 346 g/mol. The Bertz CT molecular complexity index is 970. The van der Waals surface area contributed by atoms with E-state index < -0.39 is 0 Å². The number of rotatable bonds is 5. The molecule has 2 aromatic heterocycles. The molecule has 6 heteroatoms. The summed E-state index contributed by atoms with van der Waals surface area (Å²) in [6.45, 7) is 7.31. The van der Waals surface area contributed by atoms with Crippen LogP contribution in [0.2, 0.25) is 0 Å². The van der Waals surface area contributed by atoms with E-state index in [-0.39, 0.29) is 5.70 Å². The number of pyridine rings is 1. The van der Waals surface area contributed by atoms with Crippen molar-refractivity contribution in [2.45, 2.75) is 0 Å². The first-order chi connectivity index (χ1) is 12.8. The van der Waals surface area contributed by atoms with E-state index in [4.69, 9.17) is 5.11 Å². The fourth-order valence-electron chi connectivity index (χ4n) is 2.34. The zero-order valence-electron chi connectivity index (χ0n) is 14.3. The van der Waals surface area contributed by atoms with Gasteiger partial charge in [0.15, 0.2) is 5.82 Å². The van der Waals surface area contributed by atoms with Gasteiger partial charge in [0.1, 0.15) is 11.4 Å². The summed E-state index contributed by atoms with van der Waals surface area (Å²) in [6.07, 6.45) is 4.68. The predicted molar refractivity (Wildman–Crippen MR) is 104 cm³/mol. The molecule has 3 aromatic rings. The normalized spacial score (nSPS) is 11.0. The number of fused-ring (bicyclic) bond motifs is 1. The minimum atomic E-state index is 0.189. The summed E-state index contributed by atoms with van der Waals surface area (Å²) >= 11 is 0. The van der Waals surface area contributed by atoms with E-state index >= 15 is 0 Å². The van der Waals surface area contributed by atoms with Crippen LogP contribution in [0.25, 0.3) is 28.0 Å². The number of nitrogens with zero attached hydrogens (tertiary/aromatic N) is 4. The van der Waals surface area contributed by atoms with Crippen LogP contribution in [0.1, 0.15) is 5.69 Å². The van der Waals surface area contributed by atoms with Gasteiger partial charge in [0.2, 0.25) is 0 Å². The second-order valence-corrected chi connectivity index (χ2v) is 4.96. The zero-order valence-corrected chi connectivity index (χ0v) is 14.3. The third kappa shape index (κ3) is 3.93. The van der Waals surface area contributed by atoms with E-state index in [1.54, 1.807) is 12.3 Å². The number of benzene rings is 1. The van der Waals surface area contributed by atoms with Gasteiger partial charge in [0, 0.05) is 24.3 Å². The highest BCUT2D eigenvalue weighted by Crippen LogP contribution is 2.23. The lowest BCUT2D eigenvalue weighted by Crippen LogP contribution is -1.96.